The Morgan fingerprint density at radius 3 is 2.64 bits per heavy atom. The second-order valence-corrected chi connectivity index (χ2v) is 6.67. The molecule has 2 heterocycles. The molecule has 3 aromatic rings. The molecule has 0 saturated carbocycles. The molecule has 130 valence electrons. The first-order chi connectivity index (χ1) is 11.9. The van der Waals surface area contributed by atoms with Gasteiger partial charge in [-0.25, -0.2) is 15.0 Å². The molecule has 0 aliphatic heterocycles. The SMILES string of the molecule is CC(C)Cc1c(C(=O)N(C)C)ccc2c1ncn2-c1cc(N)ncn1. The average Bonchev–Trinajstić information content (AvgIpc) is 2.98. The van der Waals surface area contributed by atoms with Crippen molar-refractivity contribution in [1.29, 1.82) is 0 Å². The molecule has 0 fully saturated rings. The molecule has 0 saturated heterocycles. The van der Waals surface area contributed by atoms with Crippen molar-refractivity contribution in [2.45, 2.75) is 20.3 Å². The lowest BCUT2D eigenvalue weighted by Gasteiger charge is -2.16. The quantitative estimate of drug-likeness (QED) is 0.788. The fourth-order valence-corrected chi connectivity index (χ4v) is 2.87. The van der Waals surface area contributed by atoms with Crippen molar-refractivity contribution in [1.82, 2.24) is 24.4 Å². The van der Waals surface area contributed by atoms with Gasteiger partial charge in [0, 0.05) is 25.7 Å². The zero-order chi connectivity index (χ0) is 18.1. The summed E-state index contributed by atoms with van der Waals surface area (Å²) in [6.07, 6.45) is 3.91. The number of carbonyl (C=O) groups excluding carboxylic acids is 1. The van der Waals surface area contributed by atoms with Gasteiger partial charge in [0.2, 0.25) is 0 Å². The molecular formula is C18H22N6O. The maximum atomic E-state index is 12.6. The first-order valence-electron chi connectivity index (χ1n) is 8.17. The number of hydrogen-bond acceptors (Lipinski definition) is 5. The van der Waals surface area contributed by atoms with Gasteiger partial charge in [-0.15, -0.1) is 0 Å². The van der Waals surface area contributed by atoms with Gasteiger partial charge in [0.25, 0.3) is 5.91 Å². The number of anilines is 1. The van der Waals surface area contributed by atoms with Crippen LogP contribution in [0, 0.1) is 5.92 Å². The standard InChI is InChI=1S/C18H22N6O/c1-11(2)7-13-12(18(25)23(3)4)5-6-14-17(13)22-10-24(14)16-8-15(19)20-9-21-16/h5-6,8-11H,7H2,1-4H3,(H2,19,20,21). The molecule has 2 aromatic heterocycles. The highest BCUT2D eigenvalue weighted by Crippen LogP contribution is 2.26. The van der Waals surface area contributed by atoms with Gasteiger partial charge in [0.1, 0.15) is 24.3 Å². The zero-order valence-electron chi connectivity index (χ0n) is 14.9. The fraction of sp³-hybridized carbons (Fsp3) is 0.333. The summed E-state index contributed by atoms with van der Waals surface area (Å²) in [5.74, 6) is 1.43. The summed E-state index contributed by atoms with van der Waals surface area (Å²) >= 11 is 0. The minimum absolute atomic E-state index is 0.0154. The molecule has 0 aliphatic rings. The Labute approximate surface area is 146 Å². The maximum Gasteiger partial charge on any atom is 0.253 e. The molecule has 7 nitrogen and oxygen atoms in total. The Bertz CT molecular complexity index is 928. The van der Waals surface area contributed by atoms with Gasteiger partial charge in [-0.05, 0) is 30.0 Å². The lowest BCUT2D eigenvalue weighted by Crippen LogP contribution is -2.23. The van der Waals surface area contributed by atoms with Crippen LogP contribution in [-0.2, 0) is 6.42 Å². The topological polar surface area (TPSA) is 89.9 Å². The molecule has 0 aliphatic carbocycles. The molecular weight excluding hydrogens is 316 g/mol. The van der Waals surface area contributed by atoms with Crippen molar-refractivity contribution < 1.29 is 4.79 Å². The van der Waals surface area contributed by atoms with Crippen molar-refractivity contribution in [3.63, 3.8) is 0 Å². The van der Waals surface area contributed by atoms with Gasteiger partial charge in [-0.2, -0.15) is 0 Å². The highest BCUT2D eigenvalue weighted by atomic mass is 16.2. The molecule has 25 heavy (non-hydrogen) atoms. The van der Waals surface area contributed by atoms with E-state index in [9.17, 15) is 4.79 Å². The van der Waals surface area contributed by atoms with Gasteiger partial charge >= 0.3 is 0 Å². The van der Waals surface area contributed by atoms with Crippen LogP contribution >= 0.6 is 0 Å². The van der Waals surface area contributed by atoms with Crippen molar-refractivity contribution in [2.24, 2.45) is 5.92 Å². The average molecular weight is 338 g/mol. The van der Waals surface area contributed by atoms with Crippen LogP contribution in [0.1, 0.15) is 29.8 Å². The van der Waals surface area contributed by atoms with Crippen LogP contribution in [0.15, 0.2) is 30.9 Å². The van der Waals surface area contributed by atoms with E-state index in [0.29, 0.717) is 23.1 Å². The van der Waals surface area contributed by atoms with Gasteiger partial charge in [-0.1, -0.05) is 13.8 Å². The first kappa shape index (κ1) is 16.9. The van der Waals surface area contributed by atoms with E-state index < -0.39 is 0 Å². The van der Waals surface area contributed by atoms with E-state index in [1.165, 1.54) is 6.33 Å². The van der Waals surface area contributed by atoms with E-state index >= 15 is 0 Å². The summed E-state index contributed by atoms with van der Waals surface area (Å²) in [6, 6.07) is 5.47. The van der Waals surface area contributed by atoms with E-state index in [1.807, 2.05) is 16.7 Å². The minimum Gasteiger partial charge on any atom is -0.384 e. The maximum absolute atomic E-state index is 12.6. The summed E-state index contributed by atoms with van der Waals surface area (Å²) in [5, 5.41) is 0. The van der Waals surface area contributed by atoms with Crippen molar-refractivity contribution in [3.8, 4) is 5.82 Å². The molecule has 1 amide bonds. The Balaban J connectivity index is 2.22. The third-order valence-corrected chi connectivity index (χ3v) is 3.99. The van der Waals surface area contributed by atoms with E-state index in [4.69, 9.17) is 5.73 Å². The largest absolute Gasteiger partial charge is 0.384 e. The number of aromatic nitrogens is 4. The number of fused-ring (bicyclic) bond motifs is 1. The highest BCUT2D eigenvalue weighted by molar-refractivity contribution is 6.00. The van der Waals surface area contributed by atoms with Crippen LogP contribution in [-0.4, -0.2) is 44.4 Å². The number of nitrogen functional groups attached to an aromatic ring is 1. The molecule has 3 rings (SSSR count). The van der Waals surface area contributed by atoms with E-state index in [0.717, 1.165) is 23.0 Å². The number of nitrogens with two attached hydrogens (primary N) is 1. The number of benzene rings is 1. The van der Waals surface area contributed by atoms with Crippen LogP contribution in [0.25, 0.3) is 16.9 Å². The van der Waals surface area contributed by atoms with Crippen molar-refractivity contribution >= 4 is 22.8 Å². The fourth-order valence-electron chi connectivity index (χ4n) is 2.87. The lowest BCUT2D eigenvalue weighted by molar-refractivity contribution is 0.0826. The highest BCUT2D eigenvalue weighted by Gasteiger charge is 2.20. The van der Waals surface area contributed by atoms with Crippen LogP contribution in [0.3, 0.4) is 0 Å². The first-order valence-corrected chi connectivity index (χ1v) is 8.17. The molecule has 1 aromatic carbocycles. The van der Waals surface area contributed by atoms with E-state index in [-0.39, 0.29) is 5.91 Å². The number of rotatable bonds is 4. The Morgan fingerprint density at radius 2 is 2.00 bits per heavy atom. The van der Waals surface area contributed by atoms with Gasteiger partial charge in [0.15, 0.2) is 0 Å². The van der Waals surface area contributed by atoms with Gasteiger partial charge in [-0.3, -0.25) is 9.36 Å². The number of imidazole rings is 1. The molecule has 0 unspecified atom stereocenters. The van der Waals surface area contributed by atoms with E-state index in [2.05, 4.69) is 28.8 Å². The summed E-state index contributed by atoms with van der Waals surface area (Å²) in [6.45, 7) is 4.26. The Hall–Kier alpha value is -2.96. The van der Waals surface area contributed by atoms with Crippen molar-refractivity contribution in [2.75, 3.05) is 19.8 Å². The molecule has 0 radical (unpaired) electrons. The second-order valence-electron chi connectivity index (χ2n) is 6.67. The van der Waals surface area contributed by atoms with E-state index in [1.54, 1.807) is 31.4 Å². The second kappa shape index (κ2) is 6.51. The summed E-state index contributed by atoms with van der Waals surface area (Å²) in [5.41, 5.74) is 9.14. The lowest BCUT2D eigenvalue weighted by atomic mass is 9.95. The Kier molecular flexibility index (Phi) is 4.39. The summed E-state index contributed by atoms with van der Waals surface area (Å²) in [4.78, 5) is 26.9. The molecule has 0 atom stereocenters. The zero-order valence-corrected chi connectivity index (χ0v) is 14.9. The molecule has 0 spiro atoms. The number of nitrogens with zero attached hydrogens (tertiary/aromatic N) is 5. The minimum atomic E-state index is -0.0154. The predicted molar refractivity (Wildman–Crippen MR) is 97.6 cm³/mol. The molecule has 0 bridgehead atoms. The smallest absolute Gasteiger partial charge is 0.253 e. The summed E-state index contributed by atoms with van der Waals surface area (Å²) < 4.78 is 1.86. The van der Waals surface area contributed by atoms with Crippen LogP contribution in [0.2, 0.25) is 0 Å². The normalized spacial score (nSPS) is 11.2. The number of amides is 1. The van der Waals surface area contributed by atoms with Crippen LogP contribution < -0.4 is 5.73 Å². The number of carbonyl (C=O) groups is 1. The molecule has 2 N–H and O–H groups in total. The van der Waals surface area contributed by atoms with Gasteiger partial charge < -0.3 is 10.6 Å². The van der Waals surface area contributed by atoms with Crippen LogP contribution in [0.5, 0.6) is 0 Å². The number of hydrogen-bond donors (Lipinski definition) is 1. The Morgan fingerprint density at radius 1 is 1.24 bits per heavy atom. The third-order valence-electron chi connectivity index (χ3n) is 3.99. The summed E-state index contributed by atoms with van der Waals surface area (Å²) in [7, 11) is 3.52. The molecule has 7 heteroatoms. The van der Waals surface area contributed by atoms with Gasteiger partial charge in [0.05, 0.1) is 11.0 Å². The van der Waals surface area contributed by atoms with Crippen molar-refractivity contribution in [3.05, 3.63) is 42.0 Å². The predicted octanol–water partition coefficient (Wildman–Crippen LogP) is 2.30. The monoisotopic (exact) mass is 338 g/mol. The van der Waals surface area contributed by atoms with Crippen LogP contribution in [0.4, 0.5) is 5.82 Å². The third kappa shape index (κ3) is 3.17.